The molecule has 0 amide bonds. The van der Waals surface area contributed by atoms with Gasteiger partial charge >= 0.3 is 41.9 Å². The summed E-state index contributed by atoms with van der Waals surface area (Å²) in [6.07, 6.45) is 0. The second kappa shape index (κ2) is 13.2. The zero-order valence-electron chi connectivity index (χ0n) is 18.1. The molecule has 0 aromatic heterocycles. The van der Waals surface area contributed by atoms with E-state index >= 15 is 0 Å². The molecule has 4 heteroatoms. The number of rotatable bonds is 0. The third kappa shape index (κ3) is 8.82. The Bertz CT molecular complexity index is 807. The molecule has 148 valence electrons. The molecule has 3 aromatic carbocycles. The van der Waals surface area contributed by atoms with Crippen LogP contribution in [0.5, 0.6) is 0 Å². The van der Waals surface area contributed by atoms with Gasteiger partial charge in [-0.15, -0.1) is 34.0 Å². The molecular weight excluding hydrogens is 466 g/mol. The Labute approximate surface area is 194 Å². The van der Waals surface area contributed by atoms with Crippen LogP contribution in [0.15, 0.2) is 30.3 Å². The van der Waals surface area contributed by atoms with Crippen molar-refractivity contribution in [2.24, 2.45) is 0 Å². The minimum Gasteiger partial charge on any atom is -1.00 e. The minimum atomic E-state index is 0. The molecule has 27 heavy (non-hydrogen) atoms. The van der Waals surface area contributed by atoms with Crippen molar-refractivity contribution in [1.29, 1.82) is 0 Å². The molecule has 0 spiro atoms. The standard InChI is InChI=1S/C12H13.C9H13.C2H6Si.2ClH.Zr/c1-8-6-11-9(2)4-5-10(3)12(11)7-8;1-6-5-7(2)9(4)8(6)3;1-3-2;;;/h4-7H,1-3H3;5H,1-4H3;1-2H3;2*1H;/q2*-1;;;;+2/p-2. The van der Waals surface area contributed by atoms with E-state index in [4.69, 9.17) is 0 Å². The first-order chi connectivity index (χ1) is 11.5. The third-order valence-corrected chi connectivity index (χ3v) is 4.65. The van der Waals surface area contributed by atoms with Crippen LogP contribution < -0.4 is 24.8 Å². The van der Waals surface area contributed by atoms with Gasteiger partial charge in [0.1, 0.15) is 0 Å². The van der Waals surface area contributed by atoms with Crippen LogP contribution in [0.1, 0.15) is 38.9 Å². The predicted octanol–water partition coefficient (Wildman–Crippen LogP) is 0.915. The number of benzene rings is 1. The number of halogens is 2. The van der Waals surface area contributed by atoms with Crippen LogP contribution in [0.4, 0.5) is 0 Å². The van der Waals surface area contributed by atoms with Crippen molar-refractivity contribution < 1.29 is 48.1 Å². The zero-order chi connectivity index (χ0) is 19.3. The van der Waals surface area contributed by atoms with Crippen molar-refractivity contribution in [2.75, 3.05) is 0 Å². The third-order valence-electron chi connectivity index (χ3n) is 4.65. The molecule has 0 aliphatic rings. The van der Waals surface area contributed by atoms with Gasteiger partial charge in [-0.3, -0.25) is 0 Å². The Hall–Kier alpha value is -0.140. The first-order valence-electron chi connectivity index (χ1n) is 8.89. The molecule has 0 radical (unpaired) electrons. The summed E-state index contributed by atoms with van der Waals surface area (Å²) in [5.41, 5.74) is 10.1. The van der Waals surface area contributed by atoms with E-state index in [1.165, 1.54) is 49.7 Å². The Balaban J connectivity index is 0. The van der Waals surface area contributed by atoms with Crippen molar-refractivity contribution in [3.05, 3.63) is 69.3 Å². The van der Waals surface area contributed by atoms with Crippen molar-refractivity contribution in [3.8, 4) is 0 Å². The van der Waals surface area contributed by atoms with Crippen molar-refractivity contribution in [1.82, 2.24) is 0 Å². The maximum absolute atomic E-state index is 2.31. The van der Waals surface area contributed by atoms with E-state index in [1.54, 1.807) is 23.3 Å². The predicted molar refractivity (Wildman–Crippen MR) is 112 cm³/mol. The summed E-state index contributed by atoms with van der Waals surface area (Å²) in [5, 5.41) is 2.82. The van der Waals surface area contributed by atoms with Gasteiger partial charge in [0.25, 0.3) is 0 Å². The maximum Gasteiger partial charge on any atom is -0.0488 e. The molecular formula is C23H32Cl2SiZr-2. The molecule has 3 aromatic rings. The SMILES string of the molecule is C[Si](C)=[Zr+2].Cc1c[c-](C)c(C)c1C.Cc1cc2c(C)ccc(C)c2[cH-]1.[Cl-].[Cl-]. The Kier molecular flexibility index (Phi) is 14.2. The van der Waals surface area contributed by atoms with Gasteiger partial charge in [0.15, 0.2) is 0 Å². The average molecular weight is 499 g/mol. The summed E-state index contributed by atoms with van der Waals surface area (Å²) in [7, 11) is 0. The molecule has 0 atom stereocenters. The molecule has 0 nitrogen and oxygen atoms in total. The second-order valence-electron chi connectivity index (χ2n) is 7.32. The van der Waals surface area contributed by atoms with Crippen molar-refractivity contribution in [2.45, 2.75) is 61.6 Å². The van der Waals surface area contributed by atoms with Crippen LogP contribution in [0, 0.1) is 48.5 Å². The van der Waals surface area contributed by atoms with E-state index < -0.39 is 0 Å². The monoisotopic (exact) mass is 496 g/mol. The number of aryl methyl sites for hydroxylation is 5. The summed E-state index contributed by atoms with van der Waals surface area (Å²) >= 11 is 1.74. The van der Waals surface area contributed by atoms with E-state index in [-0.39, 0.29) is 30.2 Å². The van der Waals surface area contributed by atoms with Gasteiger partial charge < -0.3 is 24.8 Å². The molecule has 0 bridgehead atoms. The Morgan fingerprint density at radius 1 is 0.889 bits per heavy atom. The molecule has 0 saturated carbocycles. The number of hydrogen-bond donors (Lipinski definition) is 0. The molecule has 3 rings (SSSR count). The second-order valence-corrected chi connectivity index (χ2v) is 16.7. The fourth-order valence-electron chi connectivity index (χ4n) is 2.87. The first-order valence-corrected chi connectivity index (χ1v) is 15.1. The van der Waals surface area contributed by atoms with Crippen LogP contribution in [0.3, 0.4) is 0 Å². The van der Waals surface area contributed by atoms with E-state index in [2.05, 4.69) is 91.9 Å². The number of hydrogen-bond acceptors (Lipinski definition) is 0. The molecule has 0 N–H and O–H groups in total. The zero-order valence-corrected chi connectivity index (χ0v) is 23.1. The first kappa shape index (κ1) is 29.1. The molecule has 0 heterocycles. The smallest absolute Gasteiger partial charge is 0.0488 e. The van der Waals surface area contributed by atoms with E-state index in [0.717, 1.165) is 0 Å². The number of fused-ring (bicyclic) bond motifs is 1. The van der Waals surface area contributed by atoms with Gasteiger partial charge in [-0.05, 0) is 6.92 Å². The fraction of sp³-hybridized carbons (Fsp3) is 0.391. The van der Waals surface area contributed by atoms with Crippen molar-refractivity contribution in [3.63, 3.8) is 0 Å². The normalized spacial score (nSPS) is 9.30. The topological polar surface area (TPSA) is 0 Å². The van der Waals surface area contributed by atoms with Gasteiger partial charge in [0.05, 0.1) is 0 Å². The average Bonchev–Trinajstić information content (AvgIpc) is 3.01. The summed E-state index contributed by atoms with van der Waals surface area (Å²) in [6.45, 7) is 19.8. The summed E-state index contributed by atoms with van der Waals surface area (Å²) in [5.74, 6) is 0. The van der Waals surface area contributed by atoms with Gasteiger partial charge in [-0.25, -0.2) is 0 Å². The van der Waals surface area contributed by atoms with Crippen molar-refractivity contribution >= 4 is 16.2 Å². The Morgan fingerprint density at radius 3 is 1.70 bits per heavy atom. The quantitative estimate of drug-likeness (QED) is 0.320. The molecule has 0 fully saturated rings. The van der Waals surface area contributed by atoms with Crippen LogP contribution in [0.2, 0.25) is 13.1 Å². The summed E-state index contributed by atoms with van der Waals surface area (Å²) in [6, 6.07) is 11.1. The van der Waals surface area contributed by atoms with Gasteiger partial charge in [-0.2, -0.15) is 34.4 Å². The molecule has 0 saturated heterocycles. The largest absolute Gasteiger partial charge is 1.00 e. The van der Waals surface area contributed by atoms with Crippen LogP contribution in [0.25, 0.3) is 10.8 Å². The van der Waals surface area contributed by atoms with Crippen LogP contribution in [-0.2, 0) is 23.3 Å². The van der Waals surface area contributed by atoms with E-state index in [9.17, 15) is 0 Å². The van der Waals surface area contributed by atoms with Gasteiger partial charge in [-0.1, -0.05) is 53.2 Å². The molecule has 0 aliphatic carbocycles. The minimum absolute atomic E-state index is 0. The van der Waals surface area contributed by atoms with Gasteiger partial charge in [0.2, 0.25) is 0 Å². The maximum atomic E-state index is 2.31. The summed E-state index contributed by atoms with van der Waals surface area (Å²) < 4.78 is 0. The summed E-state index contributed by atoms with van der Waals surface area (Å²) in [4.78, 5) is 0. The fourth-order valence-corrected chi connectivity index (χ4v) is 2.87. The van der Waals surface area contributed by atoms with Crippen LogP contribution >= 0.6 is 0 Å². The van der Waals surface area contributed by atoms with Crippen LogP contribution in [-0.4, -0.2) is 5.43 Å². The van der Waals surface area contributed by atoms with E-state index in [1.807, 2.05) is 0 Å². The van der Waals surface area contributed by atoms with Gasteiger partial charge in [0, 0.05) is 0 Å². The van der Waals surface area contributed by atoms with E-state index in [0.29, 0.717) is 0 Å². The Morgan fingerprint density at radius 2 is 1.37 bits per heavy atom. The molecule has 0 unspecified atom stereocenters. The molecule has 0 aliphatic heterocycles.